The van der Waals surface area contributed by atoms with Crippen LogP contribution in [-0.2, 0) is 4.79 Å². The summed E-state index contributed by atoms with van der Waals surface area (Å²) in [6.07, 6.45) is 0.749. The highest BCUT2D eigenvalue weighted by molar-refractivity contribution is 5.86. The average molecular weight is 201 g/mol. The van der Waals surface area contributed by atoms with Crippen molar-refractivity contribution < 1.29 is 4.79 Å². The van der Waals surface area contributed by atoms with Crippen LogP contribution in [0.4, 0.5) is 0 Å². The molecular weight excluding hydrogens is 188 g/mol. The zero-order valence-electron chi connectivity index (χ0n) is 8.60. The third-order valence-electron chi connectivity index (χ3n) is 1.97. The Labute approximate surface area is 89.7 Å². The molecule has 1 atom stereocenters. The first-order valence-electron chi connectivity index (χ1n) is 4.86. The summed E-state index contributed by atoms with van der Waals surface area (Å²) in [6.45, 7) is 3.57. The van der Waals surface area contributed by atoms with Crippen molar-refractivity contribution in [3.63, 3.8) is 0 Å². The number of carbonyl (C=O) groups excluding carboxylic acids is 1. The minimum Gasteiger partial charge on any atom is -0.350 e. The van der Waals surface area contributed by atoms with Crippen LogP contribution in [0.25, 0.3) is 0 Å². The summed E-state index contributed by atoms with van der Waals surface area (Å²) in [4.78, 5) is 11.6. The molecule has 0 spiro atoms. The van der Waals surface area contributed by atoms with E-state index in [1.807, 2.05) is 31.2 Å². The van der Waals surface area contributed by atoms with E-state index in [9.17, 15) is 4.79 Å². The second-order valence-corrected chi connectivity index (χ2v) is 3.09. The van der Waals surface area contributed by atoms with Gasteiger partial charge in [0.05, 0.1) is 6.07 Å². The van der Waals surface area contributed by atoms with Crippen LogP contribution in [0.5, 0.6) is 0 Å². The summed E-state index contributed by atoms with van der Waals surface area (Å²) < 4.78 is 0. The fourth-order valence-corrected chi connectivity index (χ4v) is 1.22. The van der Waals surface area contributed by atoms with Gasteiger partial charge >= 0.3 is 0 Å². The smallest absolute Gasteiger partial charge is 0.242 e. The molecule has 77 valence electrons. The molecule has 0 saturated heterocycles. The topological polar surface area (TPSA) is 52.9 Å². The van der Waals surface area contributed by atoms with Gasteiger partial charge in [-0.25, -0.2) is 0 Å². The molecule has 1 radical (unpaired) electrons. The maximum absolute atomic E-state index is 11.6. The molecule has 15 heavy (non-hydrogen) atoms. The van der Waals surface area contributed by atoms with Crippen molar-refractivity contribution in [3.05, 3.63) is 42.4 Å². The van der Waals surface area contributed by atoms with E-state index in [2.05, 4.69) is 5.32 Å². The van der Waals surface area contributed by atoms with Crippen LogP contribution < -0.4 is 5.32 Å². The van der Waals surface area contributed by atoms with Crippen molar-refractivity contribution in [2.45, 2.75) is 19.3 Å². The number of benzene rings is 1. The fraction of sp³-hybridized carbons (Fsp3) is 0.250. The number of nitrogens with zero attached hydrogens (tertiary/aromatic N) is 1. The quantitative estimate of drug-likeness (QED) is 0.809. The summed E-state index contributed by atoms with van der Waals surface area (Å²) in [7, 11) is 0. The van der Waals surface area contributed by atoms with Gasteiger partial charge in [-0.15, -0.1) is 0 Å². The molecule has 1 unspecified atom stereocenters. The third-order valence-corrected chi connectivity index (χ3v) is 1.97. The van der Waals surface area contributed by atoms with E-state index < -0.39 is 5.92 Å². The maximum atomic E-state index is 11.6. The minimum atomic E-state index is -0.728. The van der Waals surface area contributed by atoms with Gasteiger partial charge in [-0.2, -0.15) is 5.26 Å². The van der Waals surface area contributed by atoms with Crippen LogP contribution in [0, 0.1) is 17.9 Å². The predicted molar refractivity (Wildman–Crippen MR) is 57.5 cm³/mol. The second kappa shape index (κ2) is 5.82. The molecule has 1 rings (SSSR count). The standard InChI is InChI=1S/C12H13N2O/c1-2-8-14-12(15)11(9-13)10-6-4-3-5-7-10/h3-8,11H,2H2,1H3,(H,14,15). The summed E-state index contributed by atoms with van der Waals surface area (Å²) in [6, 6.07) is 11.0. The largest absolute Gasteiger partial charge is 0.350 e. The lowest BCUT2D eigenvalue weighted by molar-refractivity contribution is -0.120. The highest BCUT2D eigenvalue weighted by Gasteiger charge is 2.18. The van der Waals surface area contributed by atoms with Crippen molar-refractivity contribution in [1.29, 1.82) is 5.26 Å². The Morgan fingerprint density at radius 3 is 2.73 bits per heavy atom. The first-order valence-corrected chi connectivity index (χ1v) is 4.86. The molecule has 0 heterocycles. The van der Waals surface area contributed by atoms with Gasteiger partial charge in [0.2, 0.25) is 5.91 Å². The highest BCUT2D eigenvalue weighted by atomic mass is 16.1. The predicted octanol–water partition coefficient (Wildman–Crippen LogP) is 1.98. The Hall–Kier alpha value is -1.82. The number of amides is 1. The number of rotatable bonds is 4. The fourth-order valence-electron chi connectivity index (χ4n) is 1.22. The molecule has 1 aromatic carbocycles. The summed E-state index contributed by atoms with van der Waals surface area (Å²) in [5, 5.41) is 11.5. The molecule has 0 aliphatic rings. The highest BCUT2D eigenvalue weighted by Crippen LogP contribution is 2.14. The lowest BCUT2D eigenvalue weighted by Crippen LogP contribution is -2.26. The van der Waals surface area contributed by atoms with E-state index in [0.717, 1.165) is 12.0 Å². The van der Waals surface area contributed by atoms with E-state index in [-0.39, 0.29) is 5.91 Å². The van der Waals surface area contributed by atoms with Gasteiger partial charge in [0.25, 0.3) is 0 Å². The van der Waals surface area contributed by atoms with Gasteiger partial charge in [0.1, 0.15) is 5.92 Å². The molecule has 0 fully saturated rings. The van der Waals surface area contributed by atoms with E-state index in [4.69, 9.17) is 5.26 Å². The van der Waals surface area contributed by atoms with E-state index in [1.54, 1.807) is 18.7 Å². The first-order chi connectivity index (χ1) is 7.29. The van der Waals surface area contributed by atoms with Crippen LogP contribution in [-0.4, -0.2) is 5.91 Å². The number of carbonyl (C=O) groups is 1. The van der Waals surface area contributed by atoms with Gasteiger partial charge in [0, 0.05) is 6.54 Å². The number of nitrogens with one attached hydrogen (secondary N) is 1. The molecular formula is C12H13N2O. The van der Waals surface area contributed by atoms with Gasteiger partial charge < -0.3 is 5.32 Å². The molecule has 3 nitrogen and oxygen atoms in total. The van der Waals surface area contributed by atoms with E-state index in [0.29, 0.717) is 0 Å². The molecule has 0 aliphatic carbocycles. The Balaban J connectivity index is 2.73. The minimum absolute atomic E-state index is 0.273. The second-order valence-electron chi connectivity index (χ2n) is 3.09. The molecule has 0 saturated carbocycles. The van der Waals surface area contributed by atoms with Crippen LogP contribution >= 0.6 is 0 Å². The Morgan fingerprint density at radius 1 is 1.53 bits per heavy atom. The molecule has 0 aliphatic heterocycles. The molecule has 0 bridgehead atoms. The summed E-state index contributed by atoms with van der Waals surface area (Å²) in [5.74, 6) is -1.00. The van der Waals surface area contributed by atoms with Crippen LogP contribution in [0.2, 0.25) is 0 Å². The van der Waals surface area contributed by atoms with Crippen molar-refractivity contribution in [2.75, 3.05) is 0 Å². The first kappa shape index (κ1) is 11.3. The van der Waals surface area contributed by atoms with Gasteiger partial charge in [-0.05, 0) is 12.0 Å². The Bertz CT molecular complexity index is 354. The number of hydrogen-bond donors (Lipinski definition) is 1. The average Bonchev–Trinajstić information content (AvgIpc) is 2.29. The zero-order valence-corrected chi connectivity index (χ0v) is 8.60. The van der Waals surface area contributed by atoms with Crippen LogP contribution in [0.1, 0.15) is 24.8 Å². The molecule has 1 amide bonds. The molecule has 3 heteroatoms. The summed E-state index contributed by atoms with van der Waals surface area (Å²) >= 11 is 0. The van der Waals surface area contributed by atoms with Crippen molar-refractivity contribution in [2.24, 2.45) is 0 Å². The van der Waals surface area contributed by atoms with E-state index >= 15 is 0 Å². The van der Waals surface area contributed by atoms with Crippen molar-refractivity contribution in [1.82, 2.24) is 5.32 Å². The third kappa shape index (κ3) is 3.10. The maximum Gasteiger partial charge on any atom is 0.242 e. The lowest BCUT2D eigenvalue weighted by Gasteiger charge is -2.08. The van der Waals surface area contributed by atoms with Crippen molar-refractivity contribution >= 4 is 5.91 Å². The van der Waals surface area contributed by atoms with Gasteiger partial charge in [0.15, 0.2) is 0 Å². The Morgan fingerprint density at radius 2 is 2.20 bits per heavy atom. The molecule has 1 N–H and O–H groups in total. The van der Waals surface area contributed by atoms with Crippen LogP contribution in [0.15, 0.2) is 30.3 Å². The normalized spacial score (nSPS) is 11.5. The monoisotopic (exact) mass is 201 g/mol. The van der Waals surface area contributed by atoms with Crippen molar-refractivity contribution in [3.8, 4) is 6.07 Å². The van der Waals surface area contributed by atoms with Crippen LogP contribution in [0.3, 0.4) is 0 Å². The lowest BCUT2D eigenvalue weighted by atomic mass is 10.00. The van der Waals surface area contributed by atoms with Gasteiger partial charge in [-0.3, -0.25) is 4.79 Å². The SMILES string of the molecule is CC[CH]NC(=O)C(C#N)c1ccccc1. The number of hydrogen-bond acceptors (Lipinski definition) is 2. The molecule has 0 aromatic heterocycles. The zero-order chi connectivity index (χ0) is 11.1. The van der Waals surface area contributed by atoms with E-state index in [1.165, 1.54) is 0 Å². The summed E-state index contributed by atoms with van der Waals surface area (Å²) in [5.41, 5.74) is 0.724. The Kier molecular flexibility index (Phi) is 4.36. The molecule has 1 aromatic rings. The number of nitriles is 1. The van der Waals surface area contributed by atoms with Gasteiger partial charge in [-0.1, -0.05) is 37.3 Å².